The molecule has 9 heteroatoms. The van der Waals surface area contributed by atoms with E-state index in [1.807, 2.05) is 0 Å². The van der Waals surface area contributed by atoms with Gasteiger partial charge in [0.15, 0.2) is 0 Å². The van der Waals surface area contributed by atoms with Crippen molar-refractivity contribution in [3.63, 3.8) is 0 Å². The minimum atomic E-state index is -1.16. The van der Waals surface area contributed by atoms with E-state index in [4.69, 9.17) is 21.4 Å². The molecule has 2 rings (SSSR count). The van der Waals surface area contributed by atoms with Crippen molar-refractivity contribution >= 4 is 23.3 Å². The van der Waals surface area contributed by atoms with Crippen LogP contribution in [0.15, 0.2) is 30.7 Å². The highest BCUT2D eigenvalue weighted by molar-refractivity contribution is 6.32. The van der Waals surface area contributed by atoms with E-state index in [1.165, 1.54) is 12.3 Å². The van der Waals surface area contributed by atoms with Gasteiger partial charge in [-0.25, -0.2) is 9.78 Å². The quantitative estimate of drug-likeness (QED) is 0.680. The van der Waals surface area contributed by atoms with Crippen LogP contribution < -0.4 is 4.74 Å². The Hall–Kier alpha value is -2.74. The molecular weight excluding hydrogens is 290 g/mol. The number of nitro groups is 1. The Labute approximate surface area is 116 Å². The fourth-order valence-electron chi connectivity index (χ4n) is 1.29. The number of carbonyl (C=O) groups is 1. The molecule has 8 nitrogen and oxygen atoms in total. The van der Waals surface area contributed by atoms with Crippen LogP contribution in [0, 0.1) is 10.1 Å². The van der Waals surface area contributed by atoms with E-state index in [0.717, 1.165) is 18.5 Å². The number of carboxylic acids is 1. The molecular formula is C11H6ClN3O5. The highest BCUT2D eigenvalue weighted by Gasteiger charge is 2.13. The van der Waals surface area contributed by atoms with Gasteiger partial charge < -0.3 is 9.84 Å². The molecule has 0 fully saturated rings. The molecule has 0 aliphatic heterocycles. The summed E-state index contributed by atoms with van der Waals surface area (Å²) in [7, 11) is 0. The molecule has 0 saturated heterocycles. The first-order valence-corrected chi connectivity index (χ1v) is 5.51. The number of hydrogen-bond acceptors (Lipinski definition) is 6. The number of aromatic nitrogens is 2. The summed E-state index contributed by atoms with van der Waals surface area (Å²) in [5.74, 6) is -1.14. The van der Waals surface area contributed by atoms with E-state index in [0.29, 0.717) is 0 Å². The number of halogens is 1. The number of pyridine rings is 2. The molecule has 102 valence electrons. The van der Waals surface area contributed by atoms with Crippen LogP contribution in [0.3, 0.4) is 0 Å². The van der Waals surface area contributed by atoms with Gasteiger partial charge >= 0.3 is 5.97 Å². The van der Waals surface area contributed by atoms with Gasteiger partial charge in [-0.15, -0.1) is 0 Å². The Balaban J connectivity index is 2.28. The van der Waals surface area contributed by atoms with E-state index in [2.05, 4.69) is 9.97 Å². The summed E-state index contributed by atoms with van der Waals surface area (Å²) < 4.78 is 5.24. The van der Waals surface area contributed by atoms with Crippen molar-refractivity contribution in [3.05, 3.63) is 51.4 Å². The van der Waals surface area contributed by atoms with Crippen LogP contribution in [0.5, 0.6) is 11.6 Å². The Morgan fingerprint density at radius 3 is 2.70 bits per heavy atom. The highest BCUT2D eigenvalue weighted by atomic mass is 35.5. The van der Waals surface area contributed by atoms with Gasteiger partial charge in [0.2, 0.25) is 5.88 Å². The van der Waals surface area contributed by atoms with Crippen LogP contribution in [0.2, 0.25) is 5.02 Å². The first-order valence-electron chi connectivity index (χ1n) is 5.13. The van der Waals surface area contributed by atoms with Crippen molar-refractivity contribution in [3.8, 4) is 11.6 Å². The molecule has 0 radical (unpaired) electrons. The second-order valence-electron chi connectivity index (χ2n) is 3.55. The zero-order chi connectivity index (χ0) is 14.7. The summed E-state index contributed by atoms with van der Waals surface area (Å²) in [4.78, 5) is 28.1. The monoisotopic (exact) mass is 295 g/mol. The molecule has 0 aliphatic rings. The van der Waals surface area contributed by atoms with E-state index < -0.39 is 10.9 Å². The molecule has 0 saturated carbocycles. The van der Waals surface area contributed by atoms with Gasteiger partial charge in [-0.05, 0) is 6.07 Å². The molecule has 0 amide bonds. The molecule has 2 aromatic heterocycles. The predicted molar refractivity (Wildman–Crippen MR) is 67.2 cm³/mol. The molecule has 0 atom stereocenters. The minimum absolute atomic E-state index is 0.0689. The fourth-order valence-corrected chi connectivity index (χ4v) is 1.49. The largest absolute Gasteiger partial charge is 0.478 e. The number of rotatable bonds is 4. The Morgan fingerprint density at radius 2 is 2.10 bits per heavy atom. The van der Waals surface area contributed by atoms with Crippen molar-refractivity contribution in [1.29, 1.82) is 0 Å². The molecule has 0 bridgehead atoms. The number of hydrogen-bond donors (Lipinski definition) is 1. The lowest BCUT2D eigenvalue weighted by Crippen LogP contribution is -1.98. The molecule has 1 N–H and O–H groups in total. The van der Waals surface area contributed by atoms with Crippen LogP contribution in [-0.4, -0.2) is 26.0 Å². The third kappa shape index (κ3) is 2.98. The van der Waals surface area contributed by atoms with Crippen molar-refractivity contribution in [1.82, 2.24) is 9.97 Å². The van der Waals surface area contributed by atoms with Crippen LogP contribution in [0.4, 0.5) is 5.69 Å². The first-order chi connectivity index (χ1) is 9.47. The number of ether oxygens (including phenoxy) is 1. The van der Waals surface area contributed by atoms with E-state index in [9.17, 15) is 14.9 Å². The van der Waals surface area contributed by atoms with Gasteiger partial charge in [-0.3, -0.25) is 15.1 Å². The maximum Gasteiger partial charge on any atom is 0.337 e. The van der Waals surface area contributed by atoms with Gasteiger partial charge in [0.05, 0.1) is 16.7 Å². The first kappa shape index (κ1) is 13.7. The van der Waals surface area contributed by atoms with Crippen LogP contribution >= 0.6 is 11.6 Å². The van der Waals surface area contributed by atoms with E-state index in [-0.39, 0.29) is 27.9 Å². The molecule has 0 spiro atoms. The second kappa shape index (κ2) is 5.49. The average Bonchev–Trinajstić information content (AvgIpc) is 2.41. The standard InChI is InChI=1S/C11H6ClN3O5/c12-9-2-7(15(18)19)4-14-10(9)20-8-1-6(11(16)17)3-13-5-8/h1-5H,(H,16,17). The summed E-state index contributed by atoms with van der Waals surface area (Å²) in [6, 6.07) is 2.31. The zero-order valence-corrected chi connectivity index (χ0v) is 10.4. The van der Waals surface area contributed by atoms with Crippen LogP contribution in [0.25, 0.3) is 0 Å². The third-order valence-electron chi connectivity index (χ3n) is 2.18. The summed E-state index contributed by atoms with van der Waals surface area (Å²) in [5, 5.41) is 19.3. The number of nitrogens with zero attached hydrogens (tertiary/aromatic N) is 3. The third-order valence-corrected chi connectivity index (χ3v) is 2.45. The van der Waals surface area contributed by atoms with Gasteiger partial charge in [0.1, 0.15) is 17.0 Å². The molecule has 2 aromatic rings. The van der Waals surface area contributed by atoms with Gasteiger partial charge in [0, 0.05) is 12.3 Å². The van der Waals surface area contributed by atoms with Crippen molar-refractivity contribution in [2.75, 3.05) is 0 Å². The summed E-state index contributed by atoms with van der Waals surface area (Å²) in [5.41, 5.74) is -0.347. The van der Waals surface area contributed by atoms with Crippen LogP contribution in [0.1, 0.15) is 10.4 Å². The topological polar surface area (TPSA) is 115 Å². The van der Waals surface area contributed by atoms with E-state index in [1.54, 1.807) is 0 Å². The van der Waals surface area contributed by atoms with Crippen molar-refractivity contribution in [2.45, 2.75) is 0 Å². The average molecular weight is 296 g/mol. The molecule has 20 heavy (non-hydrogen) atoms. The van der Waals surface area contributed by atoms with Gasteiger partial charge in [-0.2, -0.15) is 0 Å². The molecule has 0 unspecified atom stereocenters. The fraction of sp³-hybridized carbons (Fsp3) is 0. The predicted octanol–water partition coefficient (Wildman–Crippen LogP) is 2.53. The SMILES string of the molecule is O=C(O)c1cncc(Oc2ncc([N+](=O)[O-])cc2Cl)c1. The van der Waals surface area contributed by atoms with Gasteiger partial charge in [-0.1, -0.05) is 11.6 Å². The van der Waals surface area contributed by atoms with Gasteiger partial charge in [0.25, 0.3) is 5.69 Å². The lowest BCUT2D eigenvalue weighted by atomic mass is 10.3. The Bertz CT molecular complexity index is 692. The number of carboxylic acid groups (broad SMARTS) is 1. The molecule has 0 aromatic carbocycles. The maximum atomic E-state index is 10.8. The number of aromatic carboxylic acids is 1. The maximum absolute atomic E-state index is 10.8. The van der Waals surface area contributed by atoms with Crippen molar-refractivity contribution in [2.24, 2.45) is 0 Å². The van der Waals surface area contributed by atoms with Crippen LogP contribution in [-0.2, 0) is 0 Å². The summed E-state index contributed by atoms with van der Waals surface area (Å²) in [6.45, 7) is 0. The second-order valence-corrected chi connectivity index (χ2v) is 3.96. The summed E-state index contributed by atoms with van der Waals surface area (Å²) >= 11 is 5.80. The molecule has 2 heterocycles. The summed E-state index contributed by atoms with van der Waals surface area (Å²) in [6.07, 6.45) is 3.40. The lowest BCUT2D eigenvalue weighted by Gasteiger charge is -2.06. The zero-order valence-electron chi connectivity index (χ0n) is 9.69. The highest BCUT2D eigenvalue weighted by Crippen LogP contribution is 2.29. The Kier molecular flexibility index (Phi) is 3.76. The lowest BCUT2D eigenvalue weighted by molar-refractivity contribution is -0.385. The Morgan fingerprint density at radius 1 is 1.35 bits per heavy atom. The minimum Gasteiger partial charge on any atom is -0.478 e. The van der Waals surface area contributed by atoms with E-state index >= 15 is 0 Å². The smallest absolute Gasteiger partial charge is 0.337 e. The normalized spacial score (nSPS) is 10.1. The van der Waals surface area contributed by atoms with Crippen molar-refractivity contribution < 1.29 is 19.6 Å². The molecule has 0 aliphatic carbocycles.